The lowest BCUT2D eigenvalue weighted by Gasteiger charge is -2.15. The number of carbonyl (C=O) groups excluding carboxylic acids is 2. The highest BCUT2D eigenvalue weighted by atomic mass is 19.4. The number of alkyl halides is 3. The molecule has 1 aromatic rings. The fourth-order valence-electron chi connectivity index (χ4n) is 1.61. The number of carbonyl (C=O) groups is 2. The second-order valence-corrected chi connectivity index (χ2v) is 3.77. The first kappa shape index (κ1) is 16.5. The SMILES string of the molecule is CCOC(=O)Cc1c(C#N)ccc(C=O)c1OC(F)(F)F. The molecular formula is C13H10F3NO4. The Hall–Kier alpha value is -2.56. The summed E-state index contributed by atoms with van der Waals surface area (Å²) in [6.45, 7) is 1.56. The predicted octanol–water partition coefficient (Wildman–Crippen LogP) is 2.37. The van der Waals surface area contributed by atoms with Crippen molar-refractivity contribution in [3.63, 3.8) is 0 Å². The van der Waals surface area contributed by atoms with Crippen LogP contribution in [0.1, 0.15) is 28.4 Å². The number of ether oxygens (including phenoxy) is 2. The highest BCUT2D eigenvalue weighted by molar-refractivity contribution is 5.83. The van der Waals surface area contributed by atoms with Gasteiger partial charge in [-0.05, 0) is 19.1 Å². The summed E-state index contributed by atoms with van der Waals surface area (Å²) in [7, 11) is 0. The first-order valence-corrected chi connectivity index (χ1v) is 5.74. The lowest BCUT2D eigenvalue weighted by atomic mass is 10.0. The van der Waals surface area contributed by atoms with Crippen molar-refractivity contribution in [3.05, 3.63) is 28.8 Å². The van der Waals surface area contributed by atoms with E-state index in [1.54, 1.807) is 6.07 Å². The van der Waals surface area contributed by atoms with Crippen LogP contribution in [0, 0.1) is 11.3 Å². The molecule has 21 heavy (non-hydrogen) atoms. The lowest BCUT2D eigenvalue weighted by Crippen LogP contribution is -2.21. The molecule has 0 aliphatic carbocycles. The third-order valence-electron chi connectivity index (χ3n) is 2.38. The Bertz CT molecular complexity index is 590. The molecule has 0 radical (unpaired) electrons. The average molecular weight is 301 g/mol. The molecule has 0 heterocycles. The summed E-state index contributed by atoms with van der Waals surface area (Å²) in [5.41, 5.74) is -0.948. The Labute approximate surface area is 117 Å². The molecule has 0 saturated carbocycles. The van der Waals surface area contributed by atoms with Crippen molar-refractivity contribution in [2.24, 2.45) is 0 Å². The van der Waals surface area contributed by atoms with Crippen LogP contribution < -0.4 is 4.74 Å². The van der Waals surface area contributed by atoms with Gasteiger partial charge in [-0.15, -0.1) is 13.2 Å². The number of aldehydes is 1. The molecule has 0 atom stereocenters. The third-order valence-corrected chi connectivity index (χ3v) is 2.38. The minimum Gasteiger partial charge on any atom is -0.466 e. The fourth-order valence-corrected chi connectivity index (χ4v) is 1.61. The van der Waals surface area contributed by atoms with Crippen LogP contribution in [0.5, 0.6) is 5.75 Å². The fraction of sp³-hybridized carbons (Fsp3) is 0.308. The van der Waals surface area contributed by atoms with Gasteiger partial charge in [0, 0.05) is 5.56 Å². The van der Waals surface area contributed by atoms with Crippen LogP contribution in [-0.2, 0) is 16.0 Å². The highest BCUT2D eigenvalue weighted by Crippen LogP contribution is 2.32. The van der Waals surface area contributed by atoms with Crippen molar-refractivity contribution in [2.75, 3.05) is 6.61 Å². The predicted molar refractivity (Wildman–Crippen MR) is 63.6 cm³/mol. The highest BCUT2D eigenvalue weighted by Gasteiger charge is 2.34. The second kappa shape index (κ2) is 6.74. The molecular weight excluding hydrogens is 291 g/mol. The molecule has 1 rings (SSSR count). The van der Waals surface area contributed by atoms with Crippen LogP contribution in [0.3, 0.4) is 0 Å². The summed E-state index contributed by atoms with van der Waals surface area (Å²) in [5, 5.41) is 8.92. The first-order valence-electron chi connectivity index (χ1n) is 5.74. The number of nitriles is 1. The summed E-state index contributed by atoms with van der Waals surface area (Å²) < 4.78 is 45.7. The van der Waals surface area contributed by atoms with Gasteiger partial charge in [-0.3, -0.25) is 9.59 Å². The van der Waals surface area contributed by atoms with Gasteiger partial charge in [0.1, 0.15) is 5.75 Å². The minimum atomic E-state index is -5.06. The van der Waals surface area contributed by atoms with Crippen LogP contribution in [0.4, 0.5) is 13.2 Å². The van der Waals surface area contributed by atoms with E-state index < -0.39 is 30.1 Å². The van der Waals surface area contributed by atoms with E-state index in [0.29, 0.717) is 0 Å². The van der Waals surface area contributed by atoms with E-state index in [-0.39, 0.29) is 24.0 Å². The summed E-state index contributed by atoms with van der Waals surface area (Å²) in [5.74, 6) is -1.69. The molecule has 8 heteroatoms. The molecule has 0 aliphatic heterocycles. The standard InChI is InChI=1S/C13H10F3NO4/c1-2-20-11(19)5-10-8(6-17)3-4-9(7-18)12(10)21-13(14,15)16/h3-4,7H,2,5H2,1H3. The van der Waals surface area contributed by atoms with Gasteiger partial charge in [-0.1, -0.05) is 0 Å². The van der Waals surface area contributed by atoms with E-state index in [0.717, 1.165) is 12.1 Å². The summed E-state index contributed by atoms with van der Waals surface area (Å²) >= 11 is 0. The molecule has 0 bridgehead atoms. The van der Waals surface area contributed by atoms with Crippen LogP contribution in [0.25, 0.3) is 0 Å². The molecule has 0 aromatic heterocycles. The molecule has 0 unspecified atom stereocenters. The molecule has 0 fully saturated rings. The third kappa shape index (κ3) is 4.49. The molecule has 0 saturated heterocycles. The zero-order valence-corrected chi connectivity index (χ0v) is 10.9. The largest absolute Gasteiger partial charge is 0.573 e. The Kier molecular flexibility index (Phi) is 5.30. The van der Waals surface area contributed by atoms with Crippen molar-refractivity contribution in [3.8, 4) is 11.8 Å². The van der Waals surface area contributed by atoms with Gasteiger partial charge < -0.3 is 9.47 Å². The minimum absolute atomic E-state index is 0.0313. The smallest absolute Gasteiger partial charge is 0.466 e. The molecule has 0 amide bonds. The lowest BCUT2D eigenvalue weighted by molar-refractivity contribution is -0.275. The van der Waals surface area contributed by atoms with Crippen molar-refractivity contribution in [2.45, 2.75) is 19.7 Å². The number of hydrogen-bond acceptors (Lipinski definition) is 5. The Morgan fingerprint density at radius 2 is 2.10 bits per heavy atom. The van der Waals surface area contributed by atoms with Crippen LogP contribution in [0.2, 0.25) is 0 Å². The number of halogens is 3. The van der Waals surface area contributed by atoms with E-state index in [4.69, 9.17) is 5.26 Å². The summed E-state index contributed by atoms with van der Waals surface area (Å²) in [6.07, 6.45) is -5.52. The average Bonchev–Trinajstić information content (AvgIpc) is 2.39. The van der Waals surface area contributed by atoms with E-state index >= 15 is 0 Å². The maximum Gasteiger partial charge on any atom is 0.573 e. The number of nitrogens with zero attached hydrogens (tertiary/aromatic N) is 1. The van der Waals surface area contributed by atoms with Gasteiger partial charge in [0.05, 0.1) is 30.2 Å². The van der Waals surface area contributed by atoms with Crippen LogP contribution >= 0.6 is 0 Å². The monoisotopic (exact) mass is 301 g/mol. The Balaban J connectivity index is 3.37. The van der Waals surface area contributed by atoms with Gasteiger partial charge in [-0.25, -0.2) is 0 Å². The number of rotatable bonds is 5. The molecule has 5 nitrogen and oxygen atoms in total. The van der Waals surface area contributed by atoms with Gasteiger partial charge in [0.25, 0.3) is 0 Å². The van der Waals surface area contributed by atoms with Crippen LogP contribution in [-0.4, -0.2) is 25.2 Å². The topological polar surface area (TPSA) is 76.4 Å². The Morgan fingerprint density at radius 3 is 2.57 bits per heavy atom. The van der Waals surface area contributed by atoms with Gasteiger partial charge in [0.15, 0.2) is 6.29 Å². The van der Waals surface area contributed by atoms with Crippen molar-refractivity contribution in [1.82, 2.24) is 0 Å². The van der Waals surface area contributed by atoms with Crippen molar-refractivity contribution in [1.29, 1.82) is 5.26 Å². The maximum atomic E-state index is 12.4. The van der Waals surface area contributed by atoms with Crippen molar-refractivity contribution < 1.29 is 32.2 Å². The molecule has 1 aromatic carbocycles. The van der Waals surface area contributed by atoms with E-state index in [2.05, 4.69) is 9.47 Å². The number of hydrogen-bond donors (Lipinski definition) is 0. The molecule has 0 aliphatic rings. The maximum absolute atomic E-state index is 12.4. The van der Waals surface area contributed by atoms with E-state index in [9.17, 15) is 22.8 Å². The van der Waals surface area contributed by atoms with Gasteiger partial charge in [0.2, 0.25) is 0 Å². The van der Waals surface area contributed by atoms with Gasteiger partial charge >= 0.3 is 12.3 Å². The quantitative estimate of drug-likeness (QED) is 0.616. The normalized spacial score (nSPS) is 10.6. The van der Waals surface area contributed by atoms with E-state index in [1.165, 1.54) is 6.92 Å². The van der Waals surface area contributed by atoms with E-state index in [1.807, 2.05) is 0 Å². The number of benzene rings is 1. The molecule has 112 valence electrons. The number of esters is 1. The zero-order valence-electron chi connectivity index (χ0n) is 10.9. The second-order valence-electron chi connectivity index (χ2n) is 3.77. The van der Waals surface area contributed by atoms with Crippen LogP contribution in [0.15, 0.2) is 12.1 Å². The summed E-state index contributed by atoms with van der Waals surface area (Å²) in [6, 6.07) is 3.81. The first-order chi connectivity index (χ1) is 9.82. The molecule has 0 spiro atoms. The zero-order chi connectivity index (χ0) is 16.0. The van der Waals surface area contributed by atoms with Gasteiger partial charge in [-0.2, -0.15) is 5.26 Å². The Morgan fingerprint density at radius 1 is 1.43 bits per heavy atom. The summed E-state index contributed by atoms with van der Waals surface area (Å²) in [4.78, 5) is 22.3. The molecule has 0 N–H and O–H groups in total. The van der Waals surface area contributed by atoms with Crippen molar-refractivity contribution >= 4 is 12.3 Å².